The number of nitrogens with one attached hydrogen (secondary N) is 1. The summed E-state index contributed by atoms with van der Waals surface area (Å²) < 4.78 is 17.6. The molecule has 0 atom stereocenters. The van der Waals surface area contributed by atoms with Gasteiger partial charge in [0.05, 0.1) is 11.2 Å². The van der Waals surface area contributed by atoms with Crippen LogP contribution in [0.5, 0.6) is 0 Å². The standard InChI is InChI=1S/C24H27BClNO5/c1-23(2)24(3,4)32-25(31-23)20(13-19-12-18(15-28)10-11-21(19)26)14-27-22(29)30-16-17-8-6-5-7-9-17/h5-13,15H,14,16H2,1-4H3,(H,27,29). The molecule has 0 aliphatic carbocycles. The Hall–Kier alpha value is -2.61. The van der Waals surface area contributed by atoms with Crippen LogP contribution in [0.15, 0.2) is 54.0 Å². The summed E-state index contributed by atoms with van der Waals surface area (Å²) in [6, 6.07) is 14.4. The first kappa shape index (κ1) is 24.0. The summed E-state index contributed by atoms with van der Waals surface area (Å²) in [5.41, 5.74) is 1.54. The van der Waals surface area contributed by atoms with E-state index in [0.717, 1.165) is 11.8 Å². The lowest BCUT2D eigenvalue weighted by Crippen LogP contribution is -2.41. The second-order valence-corrected chi connectivity index (χ2v) is 9.03. The maximum Gasteiger partial charge on any atom is 0.492 e. The zero-order valence-electron chi connectivity index (χ0n) is 18.7. The number of carbonyl (C=O) groups excluding carboxylic acids is 2. The van der Waals surface area contributed by atoms with E-state index in [2.05, 4.69) is 5.32 Å². The van der Waals surface area contributed by atoms with Crippen molar-refractivity contribution in [3.63, 3.8) is 0 Å². The minimum atomic E-state index is -0.703. The zero-order valence-corrected chi connectivity index (χ0v) is 19.4. The highest BCUT2D eigenvalue weighted by Crippen LogP contribution is 2.39. The average Bonchev–Trinajstić information content (AvgIpc) is 2.98. The zero-order chi connectivity index (χ0) is 23.4. The van der Waals surface area contributed by atoms with Crippen molar-refractivity contribution in [1.29, 1.82) is 0 Å². The third-order valence-corrected chi connectivity index (χ3v) is 6.05. The largest absolute Gasteiger partial charge is 0.492 e. The summed E-state index contributed by atoms with van der Waals surface area (Å²) in [5, 5.41) is 3.22. The van der Waals surface area contributed by atoms with Crippen molar-refractivity contribution in [2.75, 3.05) is 6.54 Å². The summed E-state index contributed by atoms with van der Waals surface area (Å²) in [4.78, 5) is 23.5. The van der Waals surface area contributed by atoms with Gasteiger partial charge in [-0.15, -0.1) is 0 Å². The van der Waals surface area contributed by atoms with Crippen LogP contribution in [-0.4, -0.2) is 37.2 Å². The van der Waals surface area contributed by atoms with Gasteiger partial charge in [-0.3, -0.25) is 4.79 Å². The van der Waals surface area contributed by atoms with Gasteiger partial charge in [0.25, 0.3) is 0 Å². The molecule has 0 aromatic heterocycles. The topological polar surface area (TPSA) is 73.9 Å². The van der Waals surface area contributed by atoms with Crippen LogP contribution in [0.2, 0.25) is 5.02 Å². The van der Waals surface area contributed by atoms with Gasteiger partial charge in [0.2, 0.25) is 0 Å². The Morgan fingerprint density at radius 3 is 2.38 bits per heavy atom. The molecule has 1 fully saturated rings. The van der Waals surface area contributed by atoms with Gasteiger partial charge < -0.3 is 19.4 Å². The van der Waals surface area contributed by atoms with E-state index in [0.29, 0.717) is 21.6 Å². The van der Waals surface area contributed by atoms with Gasteiger partial charge in [0.15, 0.2) is 0 Å². The number of aldehydes is 1. The van der Waals surface area contributed by atoms with Crippen LogP contribution in [0.1, 0.15) is 49.2 Å². The van der Waals surface area contributed by atoms with Gasteiger partial charge in [0.1, 0.15) is 12.9 Å². The van der Waals surface area contributed by atoms with Gasteiger partial charge >= 0.3 is 13.2 Å². The fourth-order valence-corrected chi connectivity index (χ4v) is 3.26. The van der Waals surface area contributed by atoms with Crippen LogP contribution in [0.3, 0.4) is 0 Å². The van der Waals surface area contributed by atoms with Gasteiger partial charge in [0, 0.05) is 17.1 Å². The number of alkyl carbamates (subject to hydrolysis) is 1. The lowest BCUT2D eigenvalue weighted by molar-refractivity contribution is 0.00578. The Bertz CT molecular complexity index is 991. The first-order chi connectivity index (χ1) is 15.1. The maximum absolute atomic E-state index is 12.3. The second-order valence-electron chi connectivity index (χ2n) is 8.62. The molecule has 0 unspecified atom stereocenters. The van der Waals surface area contributed by atoms with Crippen LogP contribution < -0.4 is 5.32 Å². The van der Waals surface area contributed by atoms with Crippen molar-refractivity contribution < 1.29 is 23.6 Å². The van der Waals surface area contributed by atoms with Crippen molar-refractivity contribution in [2.24, 2.45) is 0 Å². The first-order valence-electron chi connectivity index (χ1n) is 10.4. The average molecular weight is 456 g/mol. The van der Waals surface area contributed by atoms with E-state index in [1.54, 1.807) is 24.3 Å². The molecule has 1 amide bonds. The minimum absolute atomic E-state index is 0.117. The van der Waals surface area contributed by atoms with E-state index >= 15 is 0 Å². The monoisotopic (exact) mass is 455 g/mol. The molecule has 1 saturated heterocycles. The third kappa shape index (κ3) is 5.79. The van der Waals surface area contributed by atoms with Crippen molar-refractivity contribution in [2.45, 2.75) is 45.5 Å². The molecule has 8 heteroatoms. The Labute approximate surface area is 194 Å². The van der Waals surface area contributed by atoms with Gasteiger partial charge in [-0.05, 0) is 56.4 Å². The Morgan fingerprint density at radius 2 is 1.75 bits per heavy atom. The van der Waals surface area contributed by atoms with E-state index in [1.165, 1.54) is 0 Å². The normalized spacial score (nSPS) is 17.2. The summed E-state index contributed by atoms with van der Waals surface area (Å²) in [6.07, 6.45) is 1.96. The van der Waals surface area contributed by atoms with Crippen LogP contribution in [-0.2, 0) is 20.7 Å². The predicted molar refractivity (Wildman–Crippen MR) is 126 cm³/mol. The van der Waals surface area contributed by atoms with Crippen LogP contribution in [0.25, 0.3) is 6.08 Å². The molecule has 32 heavy (non-hydrogen) atoms. The Kier molecular flexibility index (Phi) is 7.44. The number of hydrogen-bond acceptors (Lipinski definition) is 5. The molecule has 6 nitrogen and oxygen atoms in total. The number of ether oxygens (including phenoxy) is 1. The van der Waals surface area contributed by atoms with Crippen LogP contribution in [0, 0.1) is 0 Å². The summed E-state index contributed by atoms with van der Waals surface area (Å²) >= 11 is 6.34. The highest BCUT2D eigenvalue weighted by Gasteiger charge is 2.52. The van der Waals surface area contributed by atoms with Crippen molar-refractivity contribution in [3.8, 4) is 0 Å². The van der Waals surface area contributed by atoms with E-state index in [1.807, 2.05) is 58.0 Å². The molecule has 0 radical (unpaired) electrons. The molecular weight excluding hydrogens is 429 g/mol. The van der Waals surface area contributed by atoms with E-state index < -0.39 is 24.4 Å². The van der Waals surface area contributed by atoms with Crippen LogP contribution >= 0.6 is 11.6 Å². The first-order valence-corrected chi connectivity index (χ1v) is 10.7. The molecule has 0 bridgehead atoms. The van der Waals surface area contributed by atoms with Gasteiger partial charge in [-0.1, -0.05) is 54.1 Å². The number of carbonyl (C=O) groups is 2. The lowest BCUT2D eigenvalue weighted by Gasteiger charge is -2.32. The molecule has 2 aromatic carbocycles. The Morgan fingerprint density at radius 1 is 1.09 bits per heavy atom. The number of halogens is 1. The molecule has 1 heterocycles. The summed E-state index contributed by atoms with van der Waals surface area (Å²) in [6.45, 7) is 8.08. The molecule has 3 rings (SSSR count). The molecule has 168 valence electrons. The molecule has 1 N–H and O–H groups in total. The van der Waals surface area contributed by atoms with Crippen molar-refractivity contribution in [3.05, 3.63) is 75.7 Å². The van der Waals surface area contributed by atoms with E-state index in [4.69, 9.17) is 25.6 Å². The smallest absolute Gasteiger partial charge is 0.445 e. The Balaban J connectivity index is 1.78. The third-order valence-electron chi connectivity index (χ3n) is 5.70. The van der Waals surface area contributed by atoms with E-state index in [9.17, 15) is 9.59 Å². The second kappa shape index (κ2) is 9.90. The number of rotatable bonds is 7. The van der Waals surface area contributed by atoms with Gasteiger partial charge in [-0.2, -0.15) is 0 Å². The molecule has 0 spiro atoms. The van der Waals surface area contributed by atoms with E-state index in [-0.39, 0.29) is 13.2 Å². The molecular formula is C24H27BClNO5. The summed E-state index contributed by atoms with van der Waals surface area (Å²) in [7, 11) is -0.703. The number of benzene rings is 2. The molecule has 1 aliphatic rings. The van der Waals surface area contributed by atoms with Crippen molar-refractivity contribution in [1.82, 2.24) is 5.32 Å². The van der Waals surface area contributed by atoms with Gasteiger partial charge in [-0.25, -0.2) is 4.79 Å². The predicted octanol–water partition coefficient (Wildman–Crippen LogP) is 5.09. The fraction of sp³-hybridized carbons (Fsp3) is 0.333. The minimum Gasteiger partial charge on any atom is -0.445 e. The number of amides is 1. The number of hydrogen-bond donors (Lipinski definition) is 1. The molecule has 1 aliphatic heterocycles. The highest BCUT2D eigenvalue weighted by molar-refractivity contribution is 6.56. The van der Waals surface area contributed by atoms with Crippen LogP contribution in [0.4, 0.5) is 4.79 Å². The lowest BCUT2D eigenvalue weighted by atomic mass is 9.77. The maximum atomic E-state index is 12.3. The fourth-order valence-electron chi connectivity index (χ4n) is 3.09. The van der Waals surface area contributed by atoms with Crippen molar-refractivity contribution >= 4 is 37.2 Å². The summed E-state index contributed by atoms with van der Waals surface area (Å²) in [5.74, 6) is 0. The SMILES string of the molecule is CC1(C)OB(C(=Cc2cc(C=O)ccc2Cl)CNC(=O)OCc2ccccc2)OC1(C)C. The quantitative estimate of drug-likeness (QED) is 0.465. The highest BCUT2D eigenvalue weighted by atomic mass is 35.5. The molecule has 0 saturated carbocycles. The molecule has 2 aromatic rings.